The van der Waals surface area contributed by atoms with E-state index in [9.17, 15) is 5.11 Å². The molecule has 0 aromatic carbocycles. The zero-order valence-corrected chi connectivity index (χ0v) is 7.55. The van der Waals surface area contributed by atoms with Gasteiger partial charge in [-0.25, -0.2) is 0 Å². The van der Waals surface area contributed by atoms with E-state index in [0.717, 1.165) is 5.69 Å². The summed E-state index contributed by atoms with van der Waals surface area (Å²) in [5, 5.41) is 17.5. The molecule has 2 heterocycles. The third-order valence-electron chi connectivity index (χ3n) is 2.32. The van der Waals surface area contributed by atoms with Crippen LogP contribution in [0, 0.1) is 0 Å². The van der Waals surface area contributed by atoms with E-state index in [2.05, 4.69) is 10.3 Å². The average Bonchev–Trinajstić information content (AvgIpc) is 2.53. The van der Waals surface area contributed by atoms with E-state index in [-0.39, 0.29) is 12.0 Å². The lowest BCUT2D eigenvalue weighted by molar-refractivity contribution is -0.00714. The molecule has 0 spiro atoms. The van der Waals surface area contributed by atoms with E-state index >= 15 is 0 Å². The molecule has 1 saturated heterocycles. The Morgan fingerprint density at radius 1 is 1.69 bits per heavy atom. The third kappa shape index (κ3) is 1.71. The van der Waals surface area contributed by atoms with Crippen LogP contribution in [0.1, 0.15) is 18.0 Å². The second-order valence-electron chi connectivity index (χ2n) is 3.35. The van der Waals surface area contributed by atoms with Crippen LogP contribution in [0.2, 0.25) is 0 Å². The van der Waals surface area contributed by atoms with Crippen LogP contribution in [0.4, 0.5) is 0 Å². The summed E-state index contributed by atoms with van der Waals surface area (Å²) in [6, 6.07) is 0. The lowest BCUT2D eigenvalue weighted by Crippen LogP contribution is -2.30. The standard InChI is InChI=1S/C8H13N3O2/c1-11-4-7(9-10-11)6-5-13-3-2-8(6)12/h4,6,8,12H,2-3,5H2,1H3/t6-,8+/m0/s1. The zero-order chi connectivity index (χ0) is 9.26. The molecule has 1 aliphatic rings. The van der Waals surface area contributed by atoms with Crippen LogP contribution in [0.5, 0.6) is 0 Å². The molecule has 0 bridgehead atoms. The number of hydrogen-bond acceptors (Lipinski definition) is 4. The van der Waals surface area contributed by atoms with E-state index < -0.39 is 0 Å². The Morgan fingerprint density at radius 2 is 2.54 bits per heavy atom. The number of aliphatic hydroxyl groups is 1. The maximum absolute atomic E-state index is 9.67. The van der Waals surface area contributed by atoms with Gasteiger partial charge in [0, 0.05) is 19.9 Å². The summed E-state index contributed by atoms with van der Waals surface area (Å²) in [4.78, 5) is 0. The first kappa shape index (κ1) is 8.65. The van der Waals surface area contributed by atoms with Crippen molar-refractivity contribution in [1.29, 1.82) is 0 Å². The van der Waals surface area contributed by atoms with Gasteiger partial charge in [0.05, 0.1) is 24.3 Å². The highest BCUT2D eigenvalue weighted by molar-refractivity contribution is 5.05. The molecule has 0 radical (unpaired) electrons. The first-order chi connectivity index (χ1) is 6.27. The van der Waals surface area contributed by atoms with Crippen LogP contribution in [-0.2, 0) is 11.8 Å². The fourth-order valence-corrected chi connectivity index (χ4v) is 1.54. The Labute approximate surface area is 76.3 Å². The van der Waals surface area contributed by atoms with Crippen LogP contribution in [-0.4, -0.2) is 39.4 Å². The molecule has 2 rings (SSSR count). The van der Waals surface area contributed by atoms with E-state index in [4.69, 9.17) is 4.74 Å². The Hall–Kier alpha value is -0.940. The fourth-order valence-electron chi connectivity index (χ4n) is 1.54. The van der Waals surface area contributed by atoms with Crippen molar-refractivity contribution in [3.8, 4) is 0 Å². The molecule has 0 amide bonds. The number of hydrogen-bond donors (Lipinski definition) is 1. The Morgan fingerprint density at radius 3 is 3.15 bits per heavy atom. The largest absolute Gasteiger partial charge is 0.392 e. The SMILES string of the molecule is Cn1cc([C@@H]2COCC[C@H]2O)nn1. The van der Waals surface area contributed by atoms with Crippen molar-refractivity contribution in [3.63, 3.8) is 0 Å². The van der Waals surface area contributed by atoms with Gasteiger partial charge in [-0.15, -0.1) is 5.10 Å². The highest BCUT2D eigenvalue weighted by Gasteiger charge is 2.27. The summed E-state index contributed by atoms with van der Waals surface area (Å²) in [5.74, 6) is -0.0116. The number of rotatable bonds is 1. The lowest BCUT2D eigenvalue weighted by Gasteiger charge is -2.25. The van der Waals surface area contributed by atoms with Gasteiger partial charge in [0.1, 0.15) is 0 Å². The summed E-state index contributed by atoms with van der Waals surface area (Å²) in [6.45, 7) is 1.18. The molecule has 5 nitrogen and oxygen atoms in total. The van der Waals surface area contributed by atoms with Crippen LogP contribution in [0.3, 0.4) is 0 Å². The van der Waals surface area contributed by atoms with E-state index in [1.165, 1.54) is 0 Å². The third-order valence-corrected chi connectivity index (χ3v) is 2.32. The molecule has 0 saturated carbocycles. The molecule has 1 N–H and O–H groups in total. The van der Waals surface area contributed by atoms with Crippen LogP contribution in [0.15, 0.2) is 6.20 Å². The minimum absolute atomic E-state index is 0.0116. The van der Waals surface area contributed by atoms with Crippen molar-refractivity contribution in [2.45, 2.75) is 18.4 Å². The number of ether oxygens (including phenoxy) is 1. The summed E-state index contributed by atoms with van der Waals surface area (Å²) in [5.41, 5.74) is 0.815. The Kier molecular flexibility index (Phi) is 2.28. The maximum atomic E-state index is 9.67. The first-order valence-electron chi connectivity index (χ1n) is 4.39. The van der Waals surface area contributed by atoms with Gasteiger partial charge in [-0.05, 0) is 6.42 Å². The predicted octanol–water partition coefficient (Wildman–Crippen LogP) is -0.320. The van der Waals surface area contributed by atoms with Gasteiger partial charge in [-0.1, -0.05) is 5.21 Å². The summed E-state index contributed by atoms with van der Waals surface area (Å²) in [7, 11) is 1.81. The maximum Gasteiger partial charge on any atom is 0.0906 e. The van der Waals surface area contributed by atoms with E-state index in [1.807, 2.05) is 13.2 Å². The monoisotopic (exact) mass is 183 g/mol. The molecule has 13 heavy (non-hydrogen) atoms. The molecule has 1 fully saturated rings. The van der Waals surface area contributed by atoms with Gasteiger partial charge in [-0.3, -0.25) is 4.68 Å². The molecular weight excluding hydrogens is 170 g/mol. The van der Waals surface area contributed by atoms with Gasteiger partial charge < -0.3 is 9.84 Å². The minimum atomic E-state index is -0.342. The summed E-state index contributed by atoms with van der Waals surface area (Å²) in [6.07, 6.45) is 2.16. The normalized spacial score (nSPS) is 29.1. The second-order valence-corrected chi connectivity index (χ2v) is 3.35. The van der Waals surface area contributed by atoms with Gasteiger partial charge in [0.15, 0.2) is 0 Å². The van der Waals surface area contributed by atoms with Gasteiger partial charge in [0.2, 0.25) is 0 Å². The minimum Gasteiger partial charge on any atom is -0.392 e. The van der Waals surface area contributed by atoms with Crippen LogP contribution in [0.25, 0.3) is 0 Å². The van der Waals surface area contributed by atoms with Crippen molar-refractivity contribution >= 4 is 0 Å². The van der Waals surface area contributed by atoms with Gasteiger partial charge >= 0.3 is 0 Å². The molecule has 1 aromatic rings. The predicted molar refractivity (Wildman–Crippen MR) is 45.2 cm³/mol. The molecular formula is C8H13N3O2. The summed E-state index contributed by atoms with van der Waals surface area (Å²) >= 11 is 0. The van der Waals surface area contributed by atoms with Crippen molar-refractivity contribution in [1.82, 2.24) is 15.0 Å². The van der Waals surface area contributed by atoms with E-state index in [0.29, 0.717) is 19.6 Å². The molecule has 0 aliphatic carbocycles. The fraction of sp³-hybridized carbons (Fsp3) is 0.750. The number of aromatic nitrogens is 3. The van der Waals surface area contributed by atoms with E-state index in [1.54, 1.807) is 4.68 Å². The van der Waals surface area contributed by atoms with Crippen molar-refractivity contribution in [2.75, 3.05) is 13.2 Å². The molecule has 0 unspecified atom stereocenters. The lowest BCUT2D eigenvalue weighted by atomic mass is 9.96. The molecule has 1 aromatic heterocycles. The van der Waals surface area contributed by atoms with Gasteiger partial charge in [0.25, 0.3) is 0 Å². The Balaban J connectivity index is 2.14. The van der Waals surface area contributed by atoms with Crippen LogP contribution >= 0.6 is 0 Å². The second kappa shape index (κ2) is 3.43. The summed E-state index contributed by atoms with van der Waals surface area (Å²) < 4.78 is 6.91. The topological polar surface area (TPSA) is 60.2 Å². The average molecular weight is 183 g/mol. The highest BCUT2D eigenvalue weighted by Crippen LogP contribution is 2.23. The van der Waals surface area contributed by atoms with Crippen molar-refractivity contribution < 1.29 is 9.84 Å². The quantitative estimate of drug-likeness (QED) is 0.648. The first-order valence-corrected chi connectivity index (χ1v) is 4.39. The van der Waals surface area contributed by atoms with Crippen molar-refractivity contribution in [2.24, 2.45) is 7.05 Å². The Bertz CT molecular complexity index is 287. The molecule has 72 valence electrons. The molecule has 5 heteroatoms. The van der Waals surface area contributed by atoms with Crippen LogP contribution < -0.4 is 0 Å². The smallest absolute Gasteiger partial charge is 0.0906 e. The molecule has 2 atom stereocenters. The molecule has 1 aliphatic heterocycles. The highest BCUT2D eigenvalue weighted by atomic mass is 16.5. The van der Waals surface area contributed by atoms with Crippen molar-refractivity contribution in [3.05, 3.63) is 11.9 Å². The number of nitrogens with zero attached hydrogens (tertiary/aromatic N) is 3. The number of aryl methyl sites for hydroxylation is 1. The van der Waals surface area contributed by atoms with Gasteiger partial charge in [-0.2, -0.15) is 0 Å². The zero-order valence-electron chi connectivity index (χ0n) is 7.55. The number of aliphatic hydroxyl groups excluding tert-OH is 1.